The number of nitrogens with one attached hydrogen (secondary N) is 1. The quantitative estimate of drug-likeness (QED) is 0.872. The Balaban J connectivity index is 2.18. The van der Waals surface area contributed by atoms with E-state index in [0.29, 0.717) is 10.3 Å². The lowest BCUT2D eigenvalue weighted by Gasteiger charge is -2.22. The fourth-order valence-electron chi connectivity index (χ4n) is 2.69. The van der Waals surface area contributed by atoms with Gasteiger partial charge in [-0.1, -0.05) is 26.7 Å². The first-order chi connectivity index (χ1) is 9.82. The van der Waals surface area contributed by atoms with Gasteiger partial charge >= 0.3 is 0 Å². The van der Waals surface area contributed by atoms with E-state index in [0.717, 1.165) is 42.7 Å². The first kappa shape index (κ1) is 16.9. The Morgan fingerprint density at radius 3 is 2.57 bits per heavy atom. The van der Waals surface area contributed by atoms with Crippen LogP contribution < -0.4 is 5.32 Å². The standard InChI is InChI=1S/C15H26N2O2S2/c1-11(2)16-10-14-12(3)9-15(20-14)21(18,19)17(4)13-7-5-6-8-13/h9,11,13,16H,5-8,10H2,1-4H3. The van der Waals surface area contributed by atoms with Gasteiger partial charge in [-0.05, 0) is 31.4 Å². The van der Waals surface area contributed by atoms with Gasteiger partial charge in [0, 0.05) is 30.6 Å². The zero-order valence-electron chi connectivity index (χ0n) is 13.3. The molecular weight excluding hydrogens is 304 g/mol. The van der Waals surface area contributed by atoms with Crippen molar-refractivity contribution in [3.05, 3.63) is 16.5 Å². The fourth-order valence-corrected chi connectivity index (χ4v) is 5.84. The Morgan fingerprint density at radius 2 is 2.00 bits per heavy atom. The highest BCUT2D eigenvalue weighted by atomic mass is 32.2. The van der Waals surface area contributed by atoms with E-state index in [4.69, 9.17) is 0 Å². The Bertz CT molecular complexity index is 572. The smallest absolute Gasteiger partial charge is 0.252 e. The van der Waals surface area contributed by atoms with Crippen molar-refractivity contribution >= 4 is 21.4 Å². The van der Waals surface area contributed by atoms with Gasteiger partial charge in [-0.25, -0.2) is 8.42 Å². The average molecular weight is 331 g/mol. The number of aryl methyl sites for hydroxylation is 1. The fraction of sp³-hybridized carbons (Fsp3) is 0.733. The highest BCUT2D eigenvalue weighted by molar-refractivity contribution is 7.91. The molecule has 6 heteroatoms. The van der Waals surface area contributed by atoms with Gasteiger partial charge in [-0.2, -0.15) is 4.31 Å². The molecule has 120 valence electrons. The summed E-state index contributed by atoms with van der Waals surface area (Å²) >= 11 is 1.40. The molecule has 0 bridgehead atoms. The van der Waals surface area contributed by atoms with Gasteiger partial charge in [0.2, 0.25) is 0 Å². The minimum Gasteiger partial charge on any atom is -0.310 e. The summed E-state index contributed by atoms with van der Waals surface area (Å²) in [6, 6.07) is 2.39. The largest absolute Gasteiger partial charge is 0.310 e. The van der Waals surface area contributed by atoms with Crippen LogP contribution in [0.3, 0.4) is 0 Å². The SMILES string of the molecule is Cc1cc(S(=O)(=O)N(C)C2CCCC2)sc1CNC(C)C. The topological polar surface area (TPSA) is 49.4 Å². The van der Waals surface area contributed by atoms with Gasteiger partial charge in [0.15, 0.2) is 0 Å². The zero-order chi connectivity index (χ0) is 15.6. The van der Waals surface area contributed by atoms with Crippen molar-refractivity contribution < 1.29 is 8.42 Å². The maximum Gasteiger partial charge on any atom is 0.252 e. The van der Waals surface area contributed by atoms with Crippen molar-refractivity contribution in [2.24, 2.45) is 0 Å². The van der Waals surface area contributed by atoms with Crippen LogP contribution in [0.25, 0.3) is 0 Å². The molecule has 0 amide bonds. The minimum absolute atomic E-state index is 0.176. The van der Waals surface area contributed by atoms with Gasteiger partial charge in [0.25, 0.3) is 10.0 Å². The van der Waals surface area contributed by atoms with Gasteiger partial charge in [0.05, 0.1) is 0 Å². The number of rotatable bonds is 6. The molecule has 0 aliphatic heterocycles. The van der Waals surface area contributed by atoms with Crippen LogP contribution in [0.5, 0.6) is 0 Å². The van der Waals surface area contributed by atoms with Gasteiger partial charge in [0.1, 0.15) is 4.21 Å². The third-order valence-electron chi connectivity index (χ3n) is 4.14. The second kappa shape index (κ2) is 6.77. The Hall–Kier alpha value is -0.430. The second-order valence-corrected chi connectivity index (χ2v) is 9.53. The summed E-state index contributed by atoms with van der Waals surface area (Å²) in [6.45, 7) is 6.90. The normalized spacial score (nSPS) is 17.2. The maximum absolute atomic E-state index is 12.7. The number of hydrogen-bond acceptors (Lipinski definition) is 4. The summed E-state index contributed by atoms with van der Waals surface area (Å²) in [5.74, 6) is 0. The molecule has 0 saturated heterocycles. The molecule has 0 spiro atoms. The number of sulfonamides is 1. The molecule has 0 unspecified atom stereocenters. The molecule has 1 aromatic heterocycles. The van der Waals surface area contributed by atoms with Crippen LogP contribution in [0.4, 0.5) is 0 Å². The Labute approximate surface area is 132 Å². The van der Waals surface area contributed by atoms with Gasteiger partial charge < -0.3 is 5.32 Å². The average Bonchev–Trinajstić information content (AvgIpc) is 3.05. The van der Waals surface area contributed by atoms with Crippen LogP contribution >= 0.6 is 11.3 Å². The predicted molar refractivity (Wildman–Crippen MR) is 88.2 cm³/mol. The zero-order valence-corrected chi connectivity index (χ0v) is 15.0. The van der Waals surface area contributed by atoms with E-state index in [1.807, 2.05) is 13.0 Å². The third kappa shape index (κ3) is 3.86. The van der Waals surface area contributed by atoms with E-state index >= 15 is 0 Å². The van der Waals surface area contributed by atoms with E-state index in [1.54, 1.807) is 11.4 Å². The second-order valence-electron chi connectivity index (χ2n) is 6.17. The van der Waals surface area contributed by atoms with E-state index in [2.05, 4.69) is 19.2 Å². The van der Waals surface area contributed by atoms with Gasteiger partial charge in [-0.15, -0.1) is 11.3 Å². The summed E-state index contributed by atoms with van der Waals surface area (Å²) in [7, 11) is -1.61. The monoisotopic (exact) mass is 330 g/mol. The van der Waals surface area contributed by atoms with Crippen LogP contribution in [0, 0.1) is 6.92 Å². The molecule has 1 heterocycles. The molecular formula is C15H26N2O2S2. The Kier molecular flexibility index (Phi) is 5.46. The molecule has 1 fully saturated rings. The lowest BCUT2D eigenvalue weighted by atomic mass is 10.3. The van der Waals surface area contributed by atoms with Crippen LogP contribution in [0.1, 0.15) is 50.0 Å². The van der Waals surface area contributed by atoms with E-state index in [1.165, 1.54) is 11.3 Å². The van der Waals surface area contributed by atoms with Crippen molar-refractivity contribution in [1.82, 2.24) is 9.62 Å². The summed E-state index contributed by atoms with van der Waals surface area (Å²) in [6.07, 6.45) is 4.25. The lowest BCUT2D eigenvalue weighted by molar-refractivity contribution is 0.374. The van der Waals surface area contributed by atoms with E-state index in [9.17, 15) is 8.42 Å². The molecule has 0 radical (unpaired) electrons. The molecule has 4 nitrogen and oxygen atoms in total. The number of nitrogens with zero attached hydrogens (tertiary/aromatic N) is 1. The van der Waals surface area contributed by atoms with Crippen LogP contribution in [0.2, 0.25) is 0 Å². The number of thiophene rings is 1. The van der Waals surface area contributed by atoms with E-state index < -0.39 is 10.0 Å². The Morgan fingerprint density at radius 1 is 1.38 bits per heavy atom. The summed E-state index contributed by atoms with van der Waals surface area (Å²) in [4.78, 5) is 1.11. The predicted octanol–water partition coefficient (Wildman–Crippen LogP) is 3.12. The van der Waals surface area contributed by atoms with Crippen molar-refractivity contribution in [3.8, 4) is 0 Å². The lowest BCUT2D eigenvalue weighted by Crippen LogP contribution is -2.34. The summed E-state index contributed by atoms with van der Waals surface area (Å²) in [5, 5.41) is 3.35. The van der Waals surface area contributed by atoms with Crippen LogP contribution in [-0.2, 0) is 16.6 Å². The molecule has 0 atom stereocenters. The molecule has 1 N–H and O–H groups in total. The summed E-state index contributed by atoms with van der Waals surface area (Å²) < 4.78 is 27.5. The molecule has 21 heavy (non-hydrogen) atoms. The summed E-state index contributed by atoms with van der Waals surface area (Å²) in [5.41, 5.74) is 1.06. The number of hydrogen-bond donors (Lipinski definition) is 1. The van der Waals surface area contributed by atoms with Crippen LogP contribution in [-0.4, -0.2) is 31.9 Å². The third-order valence-corrected chi connectivity index (χ3v) is 7.74. The first-order valence-corrected chi connectivity index (χ1v) is 9.88. The molecule has 2 rings (SSSR count). The van der Waals surface area contributed by atoms with Crippen molar-refractivity contribution in [2.75, 3.05) is 7.05 Å². The highest BCUT2D eigenvalue weighted by Crippen LogP contribution is 2.32. The van der Waals surface area contributed by atoms with E-state index in [-0.39, 0.29) is 6.04 Å². The molecule has 1 saturated carbocycles. The molecule has 1 aliphatic rings. The van der Waals surface area contributed by atoms with Gasteiger partial charge in [-0.3, -0.25) is 0 Å². The highest BCUT2D eigenvalue weighted by Gasteiger charge is 2.31. The maximum atomic E-state index is 12.7. The molecule has 0 aromatic carbocycles. The molecule has 1 aromatic rings. The van der Waals surface area contributed by atoms with Crippen LogP contribution in [0.15, 0.2) is 10.3 Å². The molecule has 1 aliphatic carbocycles. The minimum atomic E-state index is -3.34. The van der Waals surface area contributed by atoms with Crippen molar-refractivity contribution in [1.29, 1.82) is 0 Å². The van der Waals surface area contributed by atoms with Crippen molar-refractivity contribution in [3.63, 3.8) is 0 Å². The first-order valence-electron chi connectivity index (χ1n) is 7.63. The van der Waals surface area contributed by atoms with Crippen molar-refractivity contribution in [2.45, 2.75) is 69.3 Å².